The number of rotatable bonds is 6. The van der Waals surface area contributed by atoms with Gasteiger partial charge in [0.2, 0.25) is 0 Å². The quantitative estimate of drug-likeness (QED) is 0.255. The summed E-state index contributed by atoms with van der Waals surface area (Å²) in [7, 11) is 1.70. The second-order valence-corrected chi connectivity index (χ2v) is 8.65. The summed E-state index contributed by atoms with van der Waals surface area (Å²) in [4.78, 5) is 4.29. The molecule has 0 amide bonds. The van der Waals surface area contributed by atoms with Crippen LogP contribution in [0.4, 0.5) is 13.2 Å². The van der Waals surface area contributed by atoms with E-state index in [1.165, 1.54) is 18.5 Å². The third-order valence-corrected chi connectivity index (χ3v) is 5.72. The molecule has 2 heterocycles. The fourth-order valence-electron chi connectivity index (χ4n) is 3.88. The molecule has 196 valence electrons. The first-order valence-electron chi connectivity index (χ1n) is 12.3. The summed E-state index contributed by atoms with van der Waals surface area (Å²) < 4.78 is 43.5. The Labute approximate surface area is 216 Å². The van der Waals surface area contributed by atoms with Crippen molar-refractivity contribution in [3.05, 3.63) is 95.5 Å². The van der Waals surface area contributed by atoms with Crippen LogP contribution in [0.15, 0.2) is 71.9 Å². The van der Waals surface area contributed by atoms with Crippen LogP contribution in [0.5, 0.6) is 5.75 Å². The summed E-state index contributed by atoms with van der Waals surface area (Å²) in [5, 5.41) is 6.98. The molecule has 4 rings (SSSR count). The summed E-state index contributed by atoms with van der Waals surface area (Å²) >= 11 is 0. The molecule has 8 heteroatoms. The molecule has 1 aliphatic heterocycles. The van der Waals surface area contributed by atoms with E-state index in [1.807, 2.05) is 23.8 Å². The van der Waals surface area contributed by atoms with Crippen molar-refractivity contribution in [2.45, 2.75) is 46.5 Å². The summed E-state index contributed by atoms with van der Waals surface area (Å²) in [5.74, 6) is -2.92. The highest BCUT2D eigenvalue weighted by molar-refractivity contribution is 5.96. The summed E-state index contributed by atoms with van der Waals surface area (Å²) in [6.07, 6.45) is 14.9. The van der Waals surface area contributed by atoms with Crippen LogP contribution in [-0.4, -0.2) is 33.9 Å². The van der Waals surface area contributed by atoms with Crippen LogP contribution in [-0.2, 0) is 0 Å². The smallest absolute Gasteiger partial charge is 0.194 e. The minimum absolute atomic E-state index is 0.818. The Morgan fingerprint density at radius 1 is 1.14 bits per heavy atom. The topological polar surface area (TPSA) is 42.7 Å². The van der Waals surface area contributed by atoms with Crippen LogP contribution in [0, 0.1) is 24.4 Å². The van der Waals surface area contributed by atoms with Gasteiger partial charge in [0.05, 0.1) is 30.5 Å². The van der Waals surface area contributed by atoms with Gasteiger partial charge in [-0.2, -0.15) is 5.10 Å². The monoisotopic (exact) mass is 510 g/mol. The molecule has 5 nitrogen and oxygen atoms in total. The van der Waals surface area contributed by atoms with Gasteiger partial charge in [-0.1, -0.05) is 31.2 Å². The number of ether oxygens (including phenoxy) is 1. The average Bonchev–Trinajstić information content (AvgIpc) is 3.33. The first kappa shape index (κ1) is 27.8. The van der Waals surface area contributed by atoms with Gasteiger partial charge < -0.3 is 9.30 Å². The molecular formula is C29H33F3N4O. The first-order valence-corrected chi connectivity index (χ1v) is 12.3. The van der Waals surface area contributed by atoms with Gasteiger partial charge in [0, 0.05) is 18.4 Å². The lowest BCUT2D eigenvalue weighted by Gasteiger charge is -2.27. The second-order valence-electron chi connectivity index (χ2n) is 8.65. The molecule has 0 saturated carbocycles. The lowest BCUT2D eigenvalue weighted by atomic mass is 10.1. The number of hydrazone groups is 1. The molecule has 3 aromatic rings. The maximum atomic E-state index is 12.0. The average molecular weight is 511 g/mol. The second kappa shape index (κ2) is 13.5. The van der Waals surface area contributed by atoms with Gasteiger partial charge in [0.1, 0.15) is 5.75 Å². The van der Waals surface area contributed by atoms with Crippen LogP contribution < -0.4 is 4.74 Å². The van der Waals surface area contributed by atoms with Crippen molar-refractivity contribution in [2.75, 3.05) is 13.7 Å². The normalized spacial score (nSPS) is 15.2. The number of piperidine rings is 1. The number of methoxy groups -OCH3 is 1. The Bertz CT molecular complexity index is 1260. The van der Waals surface area contributed by atoms with Crippen molar-refractivity contribution in [3.63, 3.8) is 0 Å². The molecule has 0 radical (unpaired) electrons. The van der Waals surface area contributed by atoms with E-state index in [9.17, 15) is 13.2 Å². The van der Waals surface area contributed by atoms with E-state index in [0.29, 0.717) is 0 Å². The van der Waals surface area contributed by atoms with E-state index in [1.54, 1.807) is 13.4 Å². The summed E-state index contributed by atoms with van der Waals surface area (Å²) in [5.41, 5.74) is 5.38. The molecule has 0 N–H and O–H groups in total. The van der Waals surface area contributed by atoms with E-state index in [2.05, 4.69) is 54.2 Å². The van der Waals surface area contributed by atoms with Crippen molar-refractivity contribution >= 4 is 11.8 Å². The Morgan fingerprint density at radius 3 is 2.51 bits per heavy atom. The summed E-state index contributed by atoms with van der Waals surface area (Å²) in [6, 6.07) is 9.00. The number of nitrogens with zero attached hydrogens (tertiary/aromatic N) is 4. The molecule has 1 aliphatic rings. The maximum Gasteiger partial charge on any atom is 0.194 e. The molecule has 2 aromatic carbocycles. The molecule has 0 bridgehead atoms. The number of allylic oxidation sites excluding steroid dienone is 3. The predicted molar refractivity (Wildman–Crippen MR) is 142 cm³/mol. The standard InChI is InChI=1S/C23H30N4O.C6H3F3/c1-5-8-21-9-6-7-14-27(21)25-18(2)10-11-20-12-13-22(23(15-20)28-4)26-16-19(3)24-17-26;7-4-2-1-3-5(8)6(4)9/h8,10-13,15-17H,5-7,9,14H2,1-4H3;1-3H/b11-10+,21-8-,25-18+;. The zero-order valence-electron chi connectivity index (χ0n) is 21.7. The molecular weight excluding hydrogens is 477 g/mol. The Kier molecular flexibility index (Phi) is 10.1. The van der Waals surface area contributed by atoms with E-state index in [-0.39, 0.29) is 0 Å². The summed E-state index contributed by atoms with van der Waals surface area (Å²) in [6.45, 7) is 7.21. The van der Waals surface area contributed by atoms with E-state index < -0.39 is 17.5 Å². The minimum Gasteiger partial charge on any atom is -0.495 e. The van der Waals surface area contributed by atoms with Gasteiger partial charge >= 0.3 is 0 Å². The molecule has 1 aromatic heterocycles. The Balaban J connectivity index is 0.000000356. The van der Waals surface area contributed by atoms with Crippen LogP contribution >= 0.6 is 0 Å². The zero-order chi connectivity index (χ0) is 26.8. The third kappa shape index (κ3) is 7.84. The van der Waals surface area contributed by atoms with Gasteiger partial charge in [0.25, 0.3) is 0 Å². The number of halogens is 3. The fourth-order valence-corrected chi connectivity index (χ4v) is 3.88. The van der Waals surface area contributed by atoms with E-state index in [0.717, 1.165) is 66.0 Å². The SMILES string of the molecule is CC/C=C1/CCCCN1/N=C(C)/C=C/c1ccc(-n2cnc(C)c2)c(OC)c1.Fc1cccc(F)c1F. The van der Waals surface area contributed by atoms with E-state index >= 15 is 0 Å². The van der Waals surface area contributed by atoms with Gasteiger partial charge in [-0.15, -0.1) is 0 Å². The number of aryl methyl sites for hydroxylation is 1. The van der Waals surface area contributed by atoms with Crippen molar-refractivity contribution < 1.29 is 17.9 Å². The number of hydrogen-bond acceptors (Lipinski definition) is 4. The first-order chi connectivity index (χ1) is 17.8. The predicted octanol–water partition coefficient (Wildman–Crippen LogP) is 7.46. The fraction of sp³-hybridized carbons (Fsp3) is 0.310. The van der Waals surface area contributed by atoms with Crippen molar-refractivity contribution in [1.29, 1.82) is 0 Å². The Hall–Kier alpha value is -3.81. The van der Waals surface area contributed by atoms with Gasteiger partial charge in [-0.25, -0.2) is 18.2 Å². The van der Waals surface area contributed by atoms with Crippen molar-refractivity contribution in [3.8, 4) is 11.4 Å². The van der Waals surface area contributed by atoms with Crippen LogP contribution in [0.25, 0.3) is 11.8 Å². The van der Waals surface area contributed by atoms with Crippen LogP contribution in [0.1, 0.15) is 50.8 Å². The lowest BCUT2D eigenvalue weighted by Crippen LogP contribution is -2.23. The van der Waals surface area contributed by atoms with Crippen molar-refractivity contribution in [1.82, 2.24) is 14.6 Å². The maximum absolute atomic E-state index is 12.0. The number of aromatic nitrogens is 2. The molecule has 1 fully saturated rings. The van der Waals surface area contributed by atoms with Gasteiger partial charge in [-0.05, 0) is 75.4 Å². The number of hydrogen-bond donors (Lipinski definition) is 0. The highest BCUT2D eigenvalue weighted by atomic mass is 19.2. The highest BCUT2D eigenvalue weighted by Crippen LogP contribution is 2.25. The van der Waals surface area contributed by atoms with Crippen LogP contribution in [0.2, 0.25) is 0 Å². The molecule has 0 aliphatic carbocycles. The largest absolute Gasteiger partial charge is 0.495 e. The third-order valence-electron chi connectivity index (χ3n) is 5.72. The molecule has 0 unspecified atom stereocenters. The van der Waals surface area contributed by atoms with Crippen LogP contribution in [0.3, 0.4) is 0 Å². The molecule has 1 saturated heterocycles. The number of benzene rings is 2. The zero-order valence-corrected chi connectivity index (χ0v) is 21.7. The van der Waals surface area contributed by atoms with E-state index in [4.69, 9.17) is 9.84 Å². The molecule has 0 atom stereocenters. The molecule has 0 spiro atoms. The lowest BCUT2D eigenvalue weighted by molar-refractivity contribution is 0.302. The number of imidazole rings is 1. The minimum atomic E-state index is -1.42. The Morgan fingerprint density at radius 2 is 1.89 bits per heavy atom. The van der Waals surface area contributed by atoms with Gasteiger partial charge in [-0.3, -0.25) is 5.01 Å². The van der Waals surface area contributed by atoms with Gasteiger partial charge in [0.15, 0.2) is 17.5 Å². The molecule has 37 heavy (non-hydrogen) atoms. The van der Waals surface area contributed by atoms with Crippen molar-refractivity contribution in [2.24, 2.45) is 5.10 Å². The highest BCUT2D eigenvalue weighted by Gasteiger charge is 2.13.